The van der Waals surface area contributed by atoms with Crippen molar-refractivity contribution in [3.05, 3.63) is 28.2 Å². The van der Waals surface area contributed by atoms with E-state index in [2.05, 4.69) is 15.9 Å². The van der Waals surface area contributed by atoms with Crippen molar-refractivity contribution in [3.63, 3.8) is 0 Å². The van der Waals surface area contributed by atoms with Crippen LogP contribution in [0.5, 0.6) is 0 Å². The van der Waals surface area contributed by atoms with Gasteiger partial charge in [0, 0.05) is 17.3 Å². The van der Waals surface area contributed by atoms with Crippen molar-refractivity contribution in [2.75, 3.05) is 4.90 Å². The highest BCUT2D eigenvalue weighted by molar-refractivity contribution is 9.10. The number of nitrogens with zero attached hydrogens (tertiary/aromatic N) is 1. The van der Waals surface area contributed by atoms with Crippen molar-refractivity contribution in [1.29, 1.82) is 0 Å². The SMILES string of the molecule is Cc1cc(N2C(=O)CC(C)CC2=O)ccc1Br. The molecule has 2 rings (SSSR count). The molecule has 0 spiro atoms. The molecule has 17 heavy (non-hydrogen) atoms. The quantitative estimate of drug-likeness (QED) is 0.747. The van der Waals surface area contributed by atoms with Crippen LogP contribution in [0.3, 0.4) is 0 Å². The Balaban J connectivity index is 2.35. The molecule has 0 aromatic heterocycles. The number of hydrogen-bond donors (Lipinski definition) is 0. The van der Waals surface area contributed by atoms with Crippen molar-refractivity contribution in [2.45, 2.75) is 26.7 Å². The van der Waals surface area contributed by atoms with Crippen LogP contribution < -0.4 is 4.90 Å². The summed E-state index contributed by atoms with van der Waals surface area (Å²) in [5.41, 5.74) is 1.69. The van der Waals surface area contributed by atoms with Gasteiger partial charge in [-0.25, -0.2) is 0 Å². The van der Waals surface area contributed by atoms with E-state index >= 15 is 0 Å². The lowest BCUT2D eigenvalue weighted by Crippen LogP contribution is -2.42. The summed E-state index contributed by atoms with van der Waals surface area (Å²) < 4.78 is 0.978. The second-order valence-electron chi connectivity index (χ2n) is 4.57. The average Bonchev–Trinajstić information content (AvgIpc) is 2.21. The molecule has 2 amide bonds. The van der Waals surface area contributed by atoms with E-state index in [1.165, 1.54) is 4.90 Å². The van der Waals surface area contributed by atoms with Crippen LogP contribution in [0, 0.1) is 12.8 Å². The van der Waals surface area contributed by atoms with Crippen molar-refractivity contribution in [2.24, 2.45) is 5.92 Å². The molecule has 1 aromatic carbocycles. The molecule has 1 saturated heterocycles. The fourth-order valence-electron chi connectivity index (χ4n) is 2.05. The van der Waals surface area contributed by atoms with Crippen LogP contribution in [0.4, 0.5) is 5.69 Å². The normalized spacial score (nSPS) is 17.7. The standard InChI is InChI=1S/C13H14BrNO2/c1-8-5-12(16)15(13(17)6-8)10-3-4-11(14)9(2)7-10/h3-4,7-8H,5-6H2,1-2H3. The lowest BCUT2D eigenvalue weighted by molar-refractivity contribution is -0.130. The fourth-order valence-corrected chi connectivity index (χ4v) is 2.29. The summed E-state index contributed by atoms with van der Waals surface area (Å²) in [4.78, 5) is 25.1. The predicted octanol–water partition coefficient (Wildman–Crippen LogP) is 3.05. The Hall–Kier alpha value is -1.16. The number of carbonyl (C=O) groups excluding carboxylic acids is 2. The molecule has 1 heterocycles. The molecule has 1 fully saturated rings. The van der Waals surface area contributed by atoms with Gasteiger partial charge in [0.25, 0.3) is 0 Å². The van der Waals surface area contributed by atoms with Crippen LogP contribution in [-0.4, -0.2) is 11.8 Å². The van der Waals surface area contributed by atoms with Crippen LogP contribution in [-0.2, 0) is 9.59 Å². The highest BCUT2D eigenvalue weighted by Crippen LogP contribution is 2.28. The molecule has 4 heteroatoms. The number of aryl methyl sites for hydroxylation is 1. The van der Waals surface area contributed by atoms with Gasteiger partial charge in [0.2, 0.25) is 11.8 Å². The van der Waals surface area contributed by atoms with Crippen LogP contribution in [0.1, 0.15) is 25.3 Å². The Kier molecular flexibility index (Phi) is 3.33. The highest BCUT2D eigenvalue weighted by atomic mass is 79.9. The summed E-state index contributed by atoms with van der Waals surface area (Å²) in [6.07, 6.45) is 0.891. The van der Waals surface area contributed by atoms with E-state index in [-0.39, 0.29) is 17.7 Å². The first-order valence-corrected chi connectivity index (χ1v) is 6.40. The molecule has 0 aliphatic carbocycles. The van der Waals surface area contributed by atoms with Crippen LogP contribution in [0.25, 0.3) is 0 Å². The molecule has 1 aliphatic rings. The van der Waals surface area contributed by atoms with Gasteiger partial charge in [-0.2, -0.15) is 0 Å². The smallest absolute Gasteiger partial charge is 0.234 e. The monoisotopic (exact) mass is 295 g/mol. The van der Waals surface area contributed by atoms with Gasteiger partial charge in [-0.1, -0.05) is 22.9 Å². The Morgan fingerprint density at radius 3 is 2.35 bits per heavy atom. The number of amides is 2. The molecule has 1 aromatic rings. The third-order valence-corrected chi connectivity index (χ3v) is 3.83. The zero-order chi connectivity index (χ0) is 12.6. The van der Waals surface area contributed by atoms with Gasteiger partial charge in [-0.05, 0) is 36.6 Å². The maximum atomic E-state index is 11.9. The Morgan fingerprint density at radius 1 is 1.24 bits per heavy atom. The van der Waals surface area contributed by atoms with E-state index in [9.17, 15) is 9.59 Å². The molecular formula is C13H14BrNO2. The van der Waals surface area contributed by atoms with Crippen molar-refractivity contribution < 1.29 is 9.59 Å². The summed E-state index contributed by atoms with van der Waals surface area (Å²) in [5.74, 6) is -0.0475. The average molecular weight is 296 g/mol. The molecule has 0 atom stereocenters. The van der Waals surface area contributed by atoms with Crippen LogP contribution >= 0.6 is 15.9 Å². The number of rotatable bonds is 1. The number of hydrogen-bond acceptors (Lipinski definition) is 2. The van der Waals surface area contributed by atoms with E-state index in [0.717, 1.165) is 10.0 Å². The van der Waals surface area contributed by atoms with Gasteiger partial charge in [0.15, 0.2) is 0 Å². The number of piperidine rings is 1. The van der Waals surface area contributed by atoms with Crippen LogP contribution in [0.15, 0.2) is 22.7 Å². The third kappa shape index (κ3) is 2.41. The first-order valence-electron chi connectivity index (χ1n) is 5.61. The summed E-state index contributed by atoms with van der Waals surface area (Å²) in [7, 11) is 0. The summed E-state index contributed by atoms with van der Waals surface area (Å²) in [6.45, 7) is 3.87. The molecule has 0 bridgehead atoms. The Bertz CT molecular complexity index is 466. The minimum absolute atomic E-state index is 0.101. The van der Waals surface area contributed by atoms with Gasteiger partial charge in [0.05, 0.1) is 5.69 Å². The van der Waals surface area contributed by atoms with Gasteiger partial charge >= 0.3 is 0 Å². The summed E-state index contributed by atoms with van der Waals surface area (Å²) in [5, 5.41) is 0. The maximum Gasteiger partial charge on any atom is 0.234 e. The van der Waals surface area contributed by atoms with Gasteiger partial charge in [-0.15, -0.1) is 0 Å². The van der Waals surface area contributed by atoms with Gasteiger partial charge < -0.3 is 0 Å². The highest BCUT2D eigenvalue weighted by Gasteiger charge is 2.31. The molecule has 1 aliphatic heterocycles. The third-order valence-electron chi connectivity index (χ3n) is 2.94. The van der Waals surface area contributed by atoms with E-state index < -0.39 is 0 Å². The second kappa shape index (κ2) is 4.61. The Morgan fingerprint density at radius 2 is 1.82 bits per heavy atom. The zero-order valence-corrected chi connectivity index (χ0v) is 11.5. The Labute approximate surface area is 109 Å². The van der Waals surface area contributed by atoms with Gasteiger partial charge in [-0.3, -0.25) is 14.5 Å². The minimum atomic E-state index is -0.101. The fraction of sp³-hybridized carbons (Fsp3) is 0.385. The second-order valence-corrected chi connectivity index (χ2v) is 5.42. The number of benzene rings is 1. The molecular weight excluding hydrogens is 282 g/mol. The van der Waals surface area contributed by atoms with Crippen molar-refractivity contribution >= 4 is 33.4 Å². The van der Waals surface area contributed by atoms with Crippen molar-refractivity contribution in [1.82, 2.24) is 0 Å². The molecule has 0 radical (unpaired) electrons. The molecule has 0 unspecified atom stereocenters. The minimum Gasteiger partial charge on any atom is -0.274 e. The zero-order valence-electron chi connectivity index (χ0n) is 9.87. The van der Waals surface area contributed by atoms with E-state index in [1.807, 2.05) is 26.0 Å². The molecule has 0 N–H and O–H groups in total. The maximum absolute atomic E-state index is 11.9. The number of imide groups is 1. The lowest BCUT2D eigenvalue weighted by Gasteiger charge is -2.28. The predicted molar refractivity (Wildman–Crippen MR) is 69.8 cm³/mol. The number of anilines is 1. The summed E-state index contributed by atoms with van der Waals surface area (Å²) >= 11 is 3.40. The first-order chi connectivity index (χ1) is 7.99. The van der Waals surface area contributed by atoms with Crippen molar-refractivity contribution in [3.8, 4) is 0 Å². The summed E-state index contributed by atoms with van der Waals surface area (Å²) in [6, 6.07) is 5.52. The van der Waals surface area contributed by atoms with E-state index in [4.69, 9.17) is 0 Å². The largest absolute Gasteiger partial charge is 0.274 e. The van der Waals surface area contributed by atoms with E-state index in [1.54, 1.807) is 6.07 Å². The lowest BCUT2D eigenvalue weighted by atomic mass is 9.97. The number of carbonyl (C=O) groups is 2. The van der Waals surface area contributed by atoms with Gasteiger partial charge in [0.1, 0.15) is 0 Å². The molecule has 90 valence electrons. The van der Waals surface area contributed by atoms with Crippen LogP contribution in [0.2, 0.25) is 0 Å². The topological polar surface area (TPSA) is 37.4 Å². The van der Waals surface area contributed by atoms with E-state index in [0.29, 0.717) is 18.5 Å². The molecule has 3 nitrogen and oxygen atoms in total. The first kappa shape index (κ1) is 12.3. The number of halogens is 1. The molecule has 0 saturated carbocycles.